The van der Waals surface area contributed by atoms with Crippen LogP contribution in [0.2, 0.25) is 0 Å². The van der Waals surface area contributed by atoms with Gasteiger partial charge in [-0.2, -0.15) is 4.31 Å². The van der Waals surface area contributed by atoms with Crippen molar-refractivity contribution < 1.29 is 17.9 Å². The molecule has 0 radical (unpaired) electrons. The number of anilines is 1. The minimum atomic E-state index is -3.76. The number of amides is 1. The van der Waals surface area contributed by atoms with Crippen molar-refractivity contribution in [3.05, 3.63) is 53.6 Å². The lowest BCUT2D eigenvalue weighted by Gasteiger charge is -2.22. The van der Waals surface area contributed by atoms with Crippen molar-refractivity contribution in [1.29, 1.82) is 0 Å². The van der Waals surface area contributed by atoms with Crippen molar-refractivity contribution in [3.63, 3.8) is 0 Å². The van der Waals surface area contributed by atoms with Crippen LogP contribution in [0.3, 0.4) is 0 Å². The Kier molecular flexibility index (Phi) is 6.98. The molecule has 2 rings (SSSR count). The van der Waals surface area contributed by atoms with Crippen molar-refractivity contribution in [1.82, 2.24) is 4.31 Å². The second-order valence-corrected chi connectivity index (χ2v) is 8.27. The van der Waals surface area contributed by atoms with Gasteiger partial charge in [-0.1, -0.05) is 25.1 Å². The third kappa shape index (κ3) is 5.08. The van der Waals surface area contributed by atoms with Crippen LogP contribution in [0.5, 0.6) is 5.75 Å². The van der Waals surface area contributed by atoms with Gasteiger partial charge in [-0.25, -0.2) is 8.42 Å². The number of rotatable bonds is 8. The molecule has 0 atom stereocenters. The van der Waals surface area contributed by atoms with E-state index in [-0.39, 0.29) is 18.0 Å². The van der Waals surface area contributed by atoms with Gasteiger partial charge in [0.2, 0.25) is 15.9 Å². The molecule has 0 aliphatic rings. The molecule has 2 aromatic rings. The molecule has 2 aromatic carbocycles. The van der Waals surface area contributed by atoms with Gasteiger partial charge in [0.05, 0.1) is 24.2 Å². The van der Waals surface area contributed by atoms with Crippen LogP contribution in [-0.2, 0) is 14.8 Å². The second kappa shape index (κ2) is 9.01. The molecule has 146 valence electrons. The first-order valence-corrected chi connectivity index (χ1v) is 10.2. The van der Waals surface area contributed by atoms with Gasteiger partial charge < -0.3 is 10.1 Å². The molecule has 6 nitrogen and oxygen atoms in total. The lowest BCUT2D eigenvalue weighted by Crippen LogP contribution is -2.38. The number of carbonyl (C=O) groups excluding carboxylic acids is 1. The largest absolute Gasteiger partial charge is 0.495 e. The van der Waals surface area contributed by atoms with Crippen LogP contribution in [0.1, 0.15) is 24.5 Å². The second-order valence-electron chi connectivity index (χ2n) is 6.33. The molecule has 0 spiro atoms. The van der Waals surface area contributed by atoms with Gasteiger partial charge >= 0.3 is 0 Å². The monoisotopic (exact) mass is 390 g/mol. The summed E-state index contributed by atoms with van der Waals surface area (Å²) in [5, 5.41) is 2.72. The molecule has 0 saturated carbocycles. The lowest BCUT2D eigenvalue weighted by atomic mass is 10.1. The first-order valence-electron chi connectivity index (χ1n) is 8.80. The number of nitrogens with zero attached hydrogens (tertiary/aromatic N) is 1. The van der Waals surface area contributed by atoms with Crippen molar-refractivity contribution in [2.75, 3.05) is 25.5 Å². The smallest absolute Gasteiger partial charge is 0.243 e. The number of nitrogens with one attached hydrogen (secondary N) is 1. The van der Waals surface area contributed by atoms with E-state index in [0.29, 0.717) is 17.9 Å². The van der Waals surface area contributed by atoms with E-state index >= 15 is 0 Å². The summed E-state index contributed by atoms with van der Waals surface area (Å²) in [6.07, 6.45) is 0.603. The minimum absolute atomic E-state index is 0.198. The molecule has 0 aromatic heterocycles. The maximum Gasteiger partial charge on any atom is 0.243 e. The molecule has 0 fully saturated rings. The van der Waals surface area contributed by atoms with E-state index in [1.807, 2.05) is 20.8 Å². The van der Waals surface area contributed by atoms with Gasteiger partial charge in [0, 0.05) is 6.54 Å². The number of hydrogen-bond acceptors (Lipinski definition) is 4. The van der Waals surface area contributed by atoms with E-state index in [1.165, 1.54) is 11.4 Å². The third-order valence-corrected chi connectivity index (χ3v) is 6.13. The van der Waals surface area contributed by atoms with Crippen LogP contribution in [0.25, 0.3) is 0 Å². The highest BCUT2D eigenvalue weighted by molar-refractivity contribution is 7.89. The molecule has 7 heteroatoms. The zero-order valence-electron chi connectivity index (χ0n) is 16.2. The van der Waals surface area contributed by atoms with Crippen LogP contribution < -0.4 is 10.1 Å². The van der Waals surface area contributed by atoms with Crippen molar-refractivity contribution >= 4 is 21.6 Å². The summed E-state index contributed by atoms with van der Waals surface area (Å²) in [5.41, 5.74) is 2.42. The van der Waals surface area contributed by atoms with Gasteiger partial charge in [0.25, 0.3) is 0 Å². The number of sulfonamides is 1. The standard InChI is InChI=1S/C20H26N2O4S/c1-5-12-22(27(24,25)17-11-10-15(2)16(3)13-17)14-20(23)21-18-8-6-7-9-19(18)26-4/h6-11,13H,5,12,14H2,1-4H3,(H,21,23). The van der Waals surface area contributed by atoms with E-state index in [9.17, 15) is 13.2 Å². The predicted molar refractivity (Wildman–Crippen MR) is 107 cm³/mol. The van der Waals surface area contributed by atoms with Crippen molar-refractivity contribution in [2.45, 2.75) is 32.1 Å². The SMILES string of the molecule is CCCN(CC(=O)Nc1ccccc1OC)S(=O)(=O)c1ccc(C)c(C)c1. The number of carbonyl (C=O) groups is 1. The van der Waals surface area contributed by atoms with E-state index in [2.05, 4.69) is 5.32 Å². The number of benzene rings is 2. The third-order valence-electron chi connectivity index (χ3n) is 4.29. The minimum Gasteiger partial charge on any atom is -0.495 e. The molecule has 0 unspecified atom stereocenters. The Labute approximate surface area is 161 Å². The number of methoxy groups -OCH3 is 1. The molecule has 0 aliphatic heterocycles. The Morgan fingerprint density at radius 2 is 1.81 bits per heavy atom. The summed E-state index contributed by atoms with van der Waals surface area (Å²) in [6, 6.07) is 12.0. The molecule has 27 heavy (non-hydrogen) atoms. The molecule has 1 amide bonds. The van der Waals surface area contributed by atoms with Crippen LogP contribution in [0.4, 0.5) is 5.69 Å². The zero-order valence-corrected chi connectivity index (χ0v) is 17.0. The predicted octanol–water partition coefficient (Wildman–Crippen LogP) is 3.35. The fourth-order valence-corrected chi connectivity index (χ4v) is 4.23. The Morgan fingerprint density at radius 1 is 1.11 bits per heavy atom. The quantitative estimate of drug-likeness (QED) is 0.750. The Bertz CT molecular complexity index is 910. The van der Waals surface area contributed by atoms with E-state index in [0.717, 1.165) is 11.1 Å². The van der Waals surface area contributed by atoms with Crippen LogP contribution >= 0.6 is 0 Å². The summed E-state index contributed by atoms with van der Waals surface area (Å²) < 4.78 is 32.5. The number of aryl methyl sites for hydroxylation is 2. The fraction of sp³-hybridized carbons (Fsp3) is 0.350. The highest BCUT2D eigenvalue weighted by Crippen LogP contribution is 2.24. The lowest BCUT2D eigenvalue weighted by molar-refractivity contribution is -0.116. The number of hydrogen-bond donors (Lipinski definition) is 1. The molecule has 0 heterocycles. The van der Waals surface area contributed by atoms with E-state index in [4.69, 9.17) is 4.74 Å². The maximum atomic E-state index is 13.0. The number of ether oxygens (including phenoxy) is 1. The van der Waals surface area contributed by atoms with Crippen molar-refractivity contribution in [2.24, 2.45) is 0 Å². The van der Waals surface area contributed by atoms with Crippen LogP contribution in [-0.4, -0.2) is 38.8 Å². The molecular formula is C20H26N2O4S. The Morgan fingerprint density at radius 3 is 2.44 bits per heavy atom. The average Bonchev–Trinajstić information content (AvgIpc) is 2.64. The average molecular weight is 391 g/mol. The molecule has 0 aliphatic carbocycles. The summed E-state index contributed by atoms with van der Waals surface area (Å²) in [4.78, 5) is 12.7. The number of para-hydroxylation sites is 2. The van der Waals surface area contributed by atoms with Gasteiger partial charge in [-0.3, -0.25) is 4.79 Å². The summed E-state index contributed by atoms with van der Waals surface area (Å²) >= 11 is 0. The molecule has 0 bridgehead atoms. The summed E-state index contributed by atoms with van der Waals surface area (Å²) in [5.74, 6) is 0.102. The van der Waals surface area contributed by atoms with Gasteiger partial charge in [0.1, 0.15) is 5.75 Å². The van der Waals surface area contributed by atoms with E-state index in [1.54, 1.807) is 42.5 Å². The summed E-state index contributed by atoms with van der Waals surface area (Å²) in [6.45, 7) is 5.67. The Balaban J connectivity index is 2.23. The highest BCUT2D eigenvalue weighted by atomic mass is 32.2. The first-order chi connectivity index (χ1) is 12.8. The normalized spacial score (nSPS) is 11.4. The topological polar surface area (TPSA) is 75.7 Å². The summed E-state index contributed by atoms with van der Waals surface area (Å²) in [7, 11) is -2.25. The van der Waals surface area contributed by atoms with Gasteiger partial charge in [-0.05, 0) is 55.7 Å². The Hall–Kier alpha value is -2.38. The molecular weight excluding hydrogens is 364 g/mol. The molecule has 1 N–H and O–H groups in total. The first kappa shape index (κ1) is 20.9. The fourth-order valence-electron chi connectivity index (χ4n) is 2.65. The zero-order chi connectivity index (χ0) is 20.0. The van der Waals surface area contributed by atoms with Crippen molar-refractivity contribution in [3.8, 4) is 5.75 Å². The van der Waals surface area contributed by atoms with Gasteiger partial charge in [0.15, 0.2) is 0 Å². The maximum absolute atomic E-state index is 13.0. The van der Waals surface area contributed by atoms with Crippen LogP contribution in [0.15, 0.2) is 47.4 Å². The van der Waals surface area contributed by atoms with Gasteiger partial charge in [-0.15, -0.1) is 0 Å². The van der Waals surface area contributed by atoms with Crippen LogP contribution in [0, 0.1) is 13.8 Å². The van der Waals surface area contributed by atoms with E-state index < -0.39 is 15.9 Å². The molecule has 0 saturated heterocycles. The highest BCUT2D eigenvalue weighted by Gasteiger charge is 2.26.